The van der Waals surface area contributed by atoms with E-state index in [2.05, 4.69) is 15.5 Å². The minimum absolute atomic E-state index is 0.0496. The van der Waals surface area contributed by atoms with Crippen LogP contribution in [0, 0.1) is 0 Å². The molecule has 1 heterocycles. The molecule has 8 heteroatoms. The molecule has 0 aliphatic heterocycles. The minimum atomic E-state index is -0.358. The molecule has 1 fully saturated rings. The van der Waals surface area contributed by atoms with E-state index in [-0.39, 0.29) is 23.5 Å². The highest BCUT2D eigenvalue weighted by Gasteiger charge is 2.22. The van der Waals surface area contributed by atoms with Gasteiger partial charge >= 0.3 is 0 Å². The van der Waals surface area contributed by atoms with Crippen molar-refractivity contribution in [3.8, 4) is 0 Å². The van der Waals surface area contributed by atoms with Crippen LogP contribution in [0.4, 0.5) is 0 Å². The Balaban J connectivity index is 1.87. The van der Waals surface area contributed by atoms with Crippen molar-refractivity contribution < 1.29 is 9.59 Å². The lowest BCUT2D eigenvalue weighted by molar-refractivity contribution is -0.121. The summed E-state index contributed by atoms with van der Waals surface area (Å²) >= 11 is 1.39. The molecule has 0 unspecified atom stereocenters. The smallest absolute Gasteiger partial charge is 0.233 e. The molecule has 1 aromatic rings. The SMILES string of the molecule is C[C@H](Sc1nnc(CCC(N)=O)n1C)C(=O)NC1CCCCCC1. The highest BCUT2D eigenvalue weighted by Crippen LogP contribution is 2.23. The highest BCUT2D eigenvalue weighted by molar-refractivity contribution is 8.00. The fourth-order valence-electron chi connectivity index (χ4n) is 2.85. The maximum absolute atomic E-state index is 12.4. The van der Waals surface area contributed by atoms with E-state index in [1.165, 1.54) is 37.4 Å². The number of amides is 2. The third-order valence-electron chi connectivity index (χ3n) is 4.37. The maximum Gasteiger partial charge on any atom is 0.233 e. The van der Waals surface area contributed by atoms with E-state index < -0.39 is 0 Å². The molecule has 134 valence electrons. The van der Waals surface area contributed by atoms with Gasteiger partial charge in [-0.3, -0.25) is 9.59 Å². The Hall–Kier alpha value is -1.57. The van der Waals surface area contributed by atoms with E-state index in [1.54, 1.807) is 0 Å². The molecule has 1 aliphatic rings. The zero-order chi connectivity index (χ0) is 17.5. The highest BCUT2D eigenvalue weighted by atomic mass is 32.2. The van der Waals surface area contributed by atoms with Crippen LogP contribution in [-0.4, -0.2) is 37.9 Å². The summed E-state index contributed by atoms with van der Waals surface area (Å²) in [4.78, 5) is 23.3. The van der Waals surface area contributed by atoms with Crippen LogP contribution in [0.5, 0.6) is 0 Å². The number of hydrogen-bond acceptors (Lipinski definition) is 5. The summed E-state index contributed by atoms with van der Waals surface area (Å²) in [6, 6.07) is 0.300. The van der Waals surface area contributed by atoms with Crippen molar-refractivity contribution in [2.45, 2.75) is 74.7 Å². The van der Waals surface area contributed by atoms with Crippen LogP contribution in [0.2, 0.25) is 0 Å². The molecule has 2 amide bonds. The third-order valence-corrected chi connectivity index (χ3v) is 5.51. The Bertz CT molecular complexity index is 567. The van der Waals surface area contributed by atoms with Gasteiger partial charge in [-0.2, -0.15) is 0 Å². The first-order valence-electron chi connectivity index (χ1n) is 8.61. The quantitative estimate of drug-likeness (QED) is 0.572. The Morgan fingerprint density at radius 3 is 2.58 bits per heavy atom. The van der Waals surface area contributed by atoms with E-state index in [9.17, 15) is 9.59 Å². The fraction of sp³-hybridized carbons (Fsp3) is 0.750. The summed E-state index contributed by atoms with van der Waals surface area (Å²) in [7, 11) is 1.84. The van der Waals surface area contributed by atoms with Crippen molar-refractivity contribution in [2.24, 2.45) is 12.8 Å². The number of rotatable bonds is 7. The largest absolute Gasteiger partial charge is 0.370 e. The average Bonchev–Trinajstić information content (AvgIpc) is 2.74. The second kappa shape index (κ2) is 9.05. The van der Waals surface area contributed by atoms with Crippen molar-refractivity contribution in [2.75, 3.05) is 0 Å². The topological polar surface area (TPSA) is 103 Å². The predicted molar refractivity (Wildman–Crippen MR) is 93.5 cm³/mol. The molecule has 24 heavy (non-hydrogen) atoms. The van der Waals surface area contributed by atoms with Gasteiger partial charge in [-0.15, -0.1) is 10.2 Å². The summed E-state index contributed by atoms with van der Waals surface area (Å²) in [6.07, 6.45) is 7.77. The van der Waals surface area contributed by atoms with Crippen molar-refractivity contribution in [3.63, 3.8) is 0 Å². The standard InChI is InChI=1S/C16H27N5O2S/c1-11(15(23)18-12-7-5-3-4-6-8-12)24-16-20-19-14(21(16)2)10-9-13(17)22/h11-12H,3-10H2,1-2H3,(H2,17,22)(H,18,23)/t11-/m0/s1. The van der Waals surface area contributed by atoms with Crippen molar-refractivity contribution in [3.05, 3.63) is 5.82 Å². The molecule has 0 saturated heterocycles. The number of primary amides is 1. The summed E-state index contributed by atoms with van der Waals surface area (Å²) in [5, 5.41) is 11.8. The van der Waals surface area contributed by atoms with Gasteiger partial charge < -0.3 is 15.6 Å². The van der Waals surface area contributed by atoms with E-state index >= 15 is 0 Å². The van der Waals surface area contributed by atoms with Crippen LogP contribution in [0.15, 0.2) is 5.16 Å². The molecular weight excluding hydrogens is 326 g/mol. The van der Waals surface area contributed by atoms with Gasteiger partial charge in [0.25, 0.3) is 0 Å². The van der Waals surface area contributed by atoms with Gasteiger partial charge in [0, 0.05) is 25.9 Å². The normalized spacial score (nSPS) is 17.2. The number of nitrogens with zero attached hydrogens (tertiary/aromatic N) is 3. The van der Waals surface area contributed by atoms with Gasteiger partial charge in [0.15, 0.2) is 5.16 Å². The molecule has 0 aromatic carbocycles. The number of aryl methyl sites for hydroxylation is 1. The van der Waals surface area contributed by atoms with Gasteiger partial charge in [0.1, 0.15) is 5.82 Å². The molecule has 1 aliphatic carbocycles. The van der Waals surface area contributed by atoms with Gasteiger partial charge in [0.2, 0.25) is 11.8 Å². The van der Waals surface area contributed by atoms with E-state index in [0.29, 0.717) is 23.4 Å². The van der Waals surface area contributed by atoms with Crippen LogP contribution >= 0.6 is 11.8 Å². The number of nitrogens with one attached hydrogen (secondary N) is 1. The molecule has 0 spiro atoms. The van der Waals surface area contributed by atoms with Crippen LogP contribution in [0.25, 0.3) is 0 Å². The number of carbonyl (C=O) groups is 2. The summed E-state index contributed by atoms with van der Waals surface area (Å²) in [5.74, 6) is 0.393. The Labute approximate surface area is 147 Å². The lowest BCUT2D eigenvalue weighted by Crippen LogP contribution is -2.39. The van der Waals surface area contributed by atoms with Crippen molar-refractivity contribution in [1.29, 1.82) is 0 Å². The molecule has 3 N–H and O–H groups in total. The second-order valence-corrected chi connectivity index (χ2v) is 7.69. The Morgan fingerprint density at radius 1 is 1.29 bits per heavy atom. The number of nitrogens with two attached hydrogens (primary N) is 1. The maximum atomic E-state index is 12.4. The fourth-order valence-corrected chi connectivity index (χ4v) is 3.70. The van der Waals surface area contributed by atoms with Gasteiger partial charge in [-0.25, -0.2) is 0 Å². The van der Waals surface area contributed by atoms with Gasteiger partial charge in [-0.05, 0) is 19.8 Å². The van der Waals surface area contributed by atoms with Crippen LogP contribution in [-0.2, 0) is 23.1 Å². The van der Waals surface area contributed by atoms with Gasteiger partial charge in [-0.1, -0.05) is 37.4 Å². The zero-order valence-corrected chi connectivity index (χ0v) is 15.3. The van der Waals surface area contributed by atoms with Crippen LogP contribution < -0.4 is 11.1 Å². The lowest BCUT2D eigenvalue weighted by atomic mass is 10.1. The zero-order valence-electron chi connectivity index (χ0n) is 14.5. The number of carbonyl (C=O) groups excluding carboxylic acids is 2. The third kappa shape index (κ3) is 5.51. The van der Waals surface area contributed by atoms with Crippen LogP contribution in [0.3, 0.4) is 0 Å². The summed E-state index contributed by atoms with van der Waals surface area (Å²) < 4.78 is 1.82. The van der Waals surface area contributed by atoms with E-state index in [1.807, 2.05) is 18.5 Å². The van der Waals surface area contributed by atoms with Crippen molar-refractivity contribution in [1.82, 2.24) is 20.1 Å². The first kappa shape index (κ1) is 18.8. The molecule has 1 saturated carbocycles. The molecule has 0 radical (unpaired) electrons. The molecule has 2 rings (SSSR count). The average molecular weight is 353 g/mol. The molecule has 1 aromatic heterocycles. The number of aromatic nitrogens is 3. The first-order valence-corrected chi connectivity index (χ1v) is 9.49. The predicted octanol–water partition coefficient (Wildman–Crippen LogP) is 1.55. The Kier molecular flexibility index (Phi) is 7.08. The van der Waals surface area contributed by atoms with Gasteiger partial charge in [0.05, 0.1) is 5.25 Å². The second-order valence-electron chi connectivity index (χ2n) is 6.38. The van der Waals surface area contributed by atoms with E-state index in [0.717, 1.165) is 12.8 Å². The first-order chi connectivity index (χ1) is 11.5. The molecule has 0 bridgehead atoms. The number of thioether (sulfide) groups is 1. The minimum Gasteiger partial charge on any atom is -0.370 e. The molecule has 1 atom stereocenters. The molecule has 7 nitrogen and oxygen atoms in total. The van der Waals surface area contributed by atoms with E-state index in [4.69, 9.17) is 5.73 Å². The monoisotopic (exact) mass is 353 g/mol. The summed E-state index contributed by atoms with van der Waals surface area (Å²) in [5.41, 5.74) is 5.16. The summed E-state index contributed by atoms with van der Waals surface area (Å²) in [6.45, 7) is 1.88. The van der Waals surface area contributed by atoms with Crippen molar-refractivity contribution >= 4 is 23.6 Å². The Morgan fingerprint density at radius 2 is 1.96 bits per heavy atom. The lowest BCUT2D eigenvalue weighted by Gasteiger charge is -2.19. The molecular formula is C16H27N5O2S. The van der Waals surface area contributed by atoms with Crippen LogP contribution in [0.1, 0.15) is 57.7 Å². The number of hydrogen-bond donors (Lipinski definition) is 2.